The molecule has 1 aromatic carbocycles. The summed E-state index contributed by atoms with van der Waals surface area (Å²) in [5.74, 6) is 0. The van der Waals surface area contributed by atoms with Crippen LogP contribution in [0, 0.1) is 6.92 Å². The van der Waals surface area contributed by atoms with Crippen molar-refractivity contribution in [1.82, 2.24) is 10.2 Å². The second-order valence-electron chi connectivity index (χ2n) is 3.65. The van der Waals surface area contributed by atoms with E-state index in [9.17, 15) is 8.42 Å². The van der Waals surface area contributed by atoms with Crippen LogP contribution in [0.4, 0.5) is 5.13 Å². The Morgan fingerprint density at radius 3 is 2.58 bits per heavy atom. The van der Waals surface area contributed by atoms with Gasteiger partial charge in [0.05, 0.1) is 5.02 Å². The topological polar surface area (TPSA) is 63.2 Å². The van der Waals surface area contributed by atoms with E-state index in [1.54, 1.807) is 13.0 Å². The highest BCUT2D eigenvalue weighted by atomic mass is 79.9. The van der Waals surface area contributed by atoms with Crippen LogP contribution in [0.5, 0.6) is 0 Å². The summed E-state index contributed by atoms with van der Waals surface area (Å²) in [7, 11) is -2.31. The maximum Gasteiger partial charge on any atom is 0.267 e. The Hall–Kier alpha value is -0.700. The summed E-state index contributed by atoms with van der Waals surface area (Å²) in [6.07, 6.45) is 0. The molecule has 0 N–H and O–H groups in total. The first-order valence-electron chi connectivity index (χ1n) is 5.06. The van der Waals surface area contributed by atoms with Crippen molar-refractivity contribution >= 4 is 54.0 Å². The summed E-state index contributed by atoms with van der Waals surface area (Å²) in [6.45, 7) is 1.76. The van der Waals surface area contributed by atoms with E-state index in [1.165, 1.54) is 30.5 Å². The quantitative estimate of drug-likeness (QED) is 0.818. The molecule has 1 aromatic heterocycles. The van der Waals surface area contributed by atoms with Gasteiger partial charge in [-0.05, 0) is 25.1 Å². The molecule has 0 radical (unpaired) electrons. The van der Waals surface area contributed by atoms with Gasteiger partial charge in [0.1, 0.15) is 9.90 Å². The van der Waals surface area contributed by atoms with E-state index in [-0.39, 0.29) is 9.92 Å². The molecule has 9 heteroatoms. The van der Waals surface area contributed by atoms with E-state index in [0.29, 0.717) is 14.6 Å². The molecule has 0 aliphatic carbocycles. The third-order valence-electron chi connectivity index (χ3n) is 2.32. The highest BCUT2D eigenvalue weighted by Crippen LogP contribution is 2.30. The monoisotopic (exact) mass is 381 g/mol. The fraction of sp³-hybridized carbons (Fsp3) is 0.200. The van der Waals surface area contributed by atoms with Gasteiger partial charge in [0, 0.05) is 11.5 Å². The Morgan fingerprint density at radius 2 is 2.05 bits per heavy atom. The SMILES string of the molecule is Cc1nnc(N(C)S(=O)(=O)c2ccc(Br)cc2Cl)s1. The third-order valence-corrected chi connectivity index (χ3v) is 6.07. The molecule has 19 heavy (non-hydrogen) atoms. The molecular weight excluding hydrogens is 374 g/mol. The Labute approximate surface area is 128 Å². The van der Waals surface area contributed by atoms with E-state index in [4.69, 9.17) is 11.6 Å². The molecule has 0 saturated carbocycles. The average Bonchev–Trinajstić information content (AvgIpc) is 2.74. The van der Waals surface area contributed by atoms with Gasteiger partial charge in [0.15, 0.2) is 0 Å². The maximum absolute atomic E-state index is 12.4. The second kappa shape index (κ2) is 5.35. The summed E-state index contributed by atoms with van der Waals surface area (Å²) >= 11 is 10.4. The molecule has 0 saturated heterocycles. The van der Waals surface area contributed by atoms with Gasteiger partial charge in [-0.3, -0.25) is 0 Å². The summed E-state index contributed by atoms with van der Waals surface area (Å²) < 4.78 is 26.7. The maximum atomic E-state index is 12.4. The largest absolute Gasteiger partial charge is 0.267 e. The number of halogens is 2. The van der Waals surface area contributed by atoms with Crippen molar-refractivity contribution in [3.05, 3.63) is 32.7 Å². The van der Waals surface area contributed by atoms with Gasteiger partial charge in [-0.1, -0.05) is 38.9 Å². The van der Waals surface area contributed by atoms with Crippen LogP contribution in [-0.4, -0.2) is 25.7 Å². The molecule has 0 unspecified atom stereocenters. The van der Waals surface area contributed by atoms with Crippen molar-refractivity contribution in [3.8, 4) is 0 Å². The van der Waals surface area contributed by atoms with Gasteiger partial charge >= 0.3 is 0 Å². The molecule has 5 nitrogen and oxygen atoms in total. The van der Waals surface area contributed by atoms with Crippen LogP contribution in [-0.2, 0) is 10.0 Å². The molecule has 0 aliphatic rings. The average molecular weight is 383 g/mol. The second-order valence-corrected chi connectivity index (χ2v) is 8.07. The minimum Gasteiger partial charge on any atom is -0.243 e. The number of aromatic nitrogens is 2. The third kappa shape index (κ3) is 2.91. The van der Waals surface area contributed by atoms with Gasteiger partial charge in [-0.25, -0.2) is 12.7 Å². The molecule has 0 atom stereocenters. The predicted octanol–water partition coefficient (Wildman–Crippen LogP) is 3.09. The number of hydrogen-bond acceptors (Lipinski definition) is 5. The number of sulfonamides is 1. The Kier molecular flexibility index (Phi) is 4.14. The molecule has 1 heterocycles. The summed E-state index contributed by atoms with van der Waals surface area (Å²) in [5.41, 5.74) is 0. The molecule has 2 rings (SSSR count). The van der Waals surface area contributed by atoms with Crippen LogP contribution in [0.2, 0.25) is 5.02 Å². The summed E-state index contributed by atoms with van der Waals surface area (Å²) in [4.78, 5) is 0.0349. The molecule has 0 spiro atoms. The highest BCUT2D eigenvalue weighted by molar-refractivity contribution is 9.10. The molecule has 0 amide bonds. The van der Waals surface area contributed by atoms with E-state index in [0.717, 1.165) is 4.31 Å². The lowest BCUT2D eigenvalue weighted by Crippen LogP contribution is -2.26. The van der Waals surface area contributed by atoms with Crippen LogP contribution in [0.1, 0.15) is 5.01 Å². The number of aryl methyl sites for hydroxylation is 1. The van der Waals surface area contributed by atoms with E-state index in [1.807, 2.05) is 0 Å². The van der Waals surface area contributed by atoms with Crippen molar-refractivity contribution in [1.29, 1.82) is 0 Å². The van der Waals surface area contributed by atoms with Crippen molar-refractivity contribution in [2.45, 2.75) is 11.8 Å². The normalized spacial score (nSPS) is 11.6. The number of rotatable bonds is 3. The van der Waals surface area contributed by atoms with E-state index < -0.39 is 10.0 Å². The number of benzene rings is 1. The van der Waals surface area contributed by atoms with Crippen molar-refractivity contribution in [2.24, 2.45) is 0 Å². The zero-order valence-electron chi connectivity index (χ0n) is 9.96. The minimum absolute atomic E-state index is 0.0349. The summed E-state index contributed by atoms with van der Waals surface area (Å²) in [6, 6.07) is 4.61. The van der Waals surface area contributed by atoms with Gasteiger partial charge in [-0.2, -0.15) is 0 Å². The fourth-order valence-corrected chi connectivity index (χ4v) is 4.36. The van der Waals surface area contributed by atoms with Gasteiger partial charge < -0.3 is 0 Å². The Morgan fingerprint density at radius 1 is 1.37 bits per heavy atom. The number of hydrogen-bond donors (Lipinski definition) is 0. The lowest BCUT2D eigenvalue weighted by Gasteiger charge is -2.16. The van der Waals surface area contributed by atoms with Crippen LogP contribution >= 0.6 is 38.9 Å². The van der Waals surface area contributed by atoms with E-state index >= 15 is 0 Å². The van der Waals surface area contributed by atoms with Gasteiger partial charge in [0.25, 0.3) is 10.0 Å². The Balaban J connectivity index is 2.47. The molecular formula is C10H9BrClN3O2S2. The lowest BCUT2D eigenvalue weighted by molar-refractivity contribution is 0.594. The molecule has 0 fully saturated rings. The lowest BCUT2D eigenvalue weighted by atomic mass is 10.4. The zero-order chi connectivity index (χ0) is 14.2. The van der Waals surface area contributed by atoms with Crippen molar-refractivity contribution in [3.63, 3.8) is 0 Å². The van der Waals surface area contributed by atoms with Crippen LogP contribution in [0.15, 0.2) is 27.6 Å². The summed E-state index contributed by atoms with van der Waals surface area (Å²) in [5, 5.41) is 8.77. The van der Waals surface area contributed by atoms with Crippen molar-refractivity contribution < 1.29 is 8.42 Å². The van der Waals surface area contributed by atoms with Gasteiger partial charge in [0.2, 0.25) is 5.13 Å². The number of anilines is 1. The molecule has 0 aliphatic heterocycles. The first-order valence-corrected chi connectivity index (χ1v) is 8.49. The first-order chi connectivity index (χ1) is 8.82. The zero-order valence-corrected chi connectivity index (χ0v) is 13.9. The van der Waals surface area contributed by atoms with Crippen LogP contribution in [0.25, 0.3) is 0 Å². The molecule has 0 bridgehead atoms. The molecule has 102 valence electrons. The van der Waals surface area contributed by atoms with E-state index in [2.05, 4.69) is 26.1 Å². The molecule has 2 aromatic rings. The minimum atomic E-state index is -3.74. The smallest absolute Gasteiger partial charge is 0.243 e. The predicted molar refractivity (Wildman–Crippen MR) is 79.4 cm³/mol. The fourth-order valence-electron chi connectivity index (χ4n) is 1.35. The van der Waals surface area contributed by atoms with Crippen LogP contribution in [0.3, 0.4) is 0 Å². The van der Waals surface area contributed by atoms with Gasteiger partial charge in [-0.15, -0.1) is 10.2 Å². The number of nitrogens with zero attached hydrogens (tertiary/aromatic N) is 3. The van der Waals surface area contributed by atoms with Crippen molar-refractivity contribution in [2.75, 3.05) is 11.4 Å². The highest BCUT2D eigenvalue weighted by Gasteiger charge is 2.26. The first kappa shape index (κ1) is 14.7. The Bertz CT molecular complexity index is 717. The van der Waals surface area contributed by atoms with Crippen LogP contribution < -0.4 is 4.31 Å². The standard InChI is InChI=1S/C10H9BrClN3O2S2/c1-6-13-14-10(18-6)15(2)19(16,17)9-4-3-7(11)5-8(9)12/h3-5H,1-2H3.